The van der Waals surface area contributed by atoms with Crippen LogP contribution in [0.2, 0.25) is 0 Å². The molecule has 0 radical (unpaired) electrons. The monoisotopic (exact) mass is 403 g/mol. The van der Waals surface area contributed by atoms with E-state index in [-0.39, 0.29) is 11.8 Å². The third kappa shape index (κ3) is 12.2. The molecule has 1 atom stereocenters. The summed E-state index contributed by atoms with van der Waals surface area (Å²) >= 11 is 0. The van der Waals surface area contributed by atoms with Gasteiger partial charge < -0.3 is 20.7 Å². The molecule has 0 aromatic rings. The topological polar surface area (TPSA) is 96.5 Å². The van der Waals surface area contributed by atoms with Gasteiger partial charge in [-0.05, 0) is 19.3 Å². The van der Waals surface area contributed by atoms with Crippen molar-refractivity contribution in [2.75, 3.05) is 39.0 Å². The number of ether oxygens (including phenoxy) is 1. The molecule has 3 N–H and O–H groups in total. The molecule has 1 aliphatic heterocycles. The highest BCUT2D eigenvalue weighted by Gasteiger charge is 2.15. The number of amides is 2. The van der Waals surface area contributed by atoms with E-state index >= 15 is 0 Å². The lowest BCUT2D eigenvalue weighted by molar-refractivity contribution is -0.135. The molecule has 2 amide bonds. The number of unbranched alkanes of at least 4 members (excludes halogenated alkanes) is 1. The lowest BCUT2D eigenvalue weighted by Gasteiger charge is -2.08. The van der Waals surface area contributed by atoms with Crippen molar-refractivity contribution in [3.05, 3.63) is 12.2 Å². The molecule has 1 saturated heterocycles. The van der Waals surface area contributed by atoms with Gasteiger partial charge in [-0.15, -0.1) is 0 Å². The summed E-state index contributed by atoms with van der Waals surface area (Å²) in [6.45, 7) is 2.25. The number of esters is 1. The molecule has 148 valence electrons. The summed E-state index contributed by atoms with van der Waals surface area (Å²) < 4.78 is 4.39. The second kappa shape index (κ2) is 14.9. The molecule has 1 unspecified atom stereocenters. The fourth-order valence-electron chi connectivity index (χ4n) is 2.27. The molecule has 0 saturated carbocycles. The first kappa shape index (κ1) is 22.9. The normalized spacial score (nSPS) is 16.6. The Morgan fingerprint density at radius 1 is 1.08 bits per heavy atom. The maximum atomic E-state index is 11.7. The minimum absolute atomic E-state index is 0.0986. The highest BCUT2D eigenvalue weighted by molar-refractivity contribution is 8.77. The Bertz CT molecular complexity index is 469. The first-order valence-electron chi connectivity index (χ1n) is 8.91. The van der Waals surface area contributed by atoms with Crippen LogP contribution in [0.4, 0.5) is 0 Å². The second-order valence-electron chi connectivity index (χ2n) is 5.82. The van der Waals surface area contributed by atoms with Gasteiger partial charge in [0.05, 0.1) is 7.11 Å². The van der Waals surface area contributed by atoms with Gasteiger partial charge in [0.1, 0.15) is 0 Å². The lowest BCUT2D eigenvalue weighted by atomic mass is 10.1. The van der Waals surface area contributed by atoms with Crippen LogP contribution in [0, 0.1) is 0 Å². The number of nitrogens with one attached hydrogen (secondary N) is 3. The van der Waals surface area contributed by atoms with Crippen LogP contribution in [0.1, 0.15) is 32.1 Å². The predicted octanol–water partition coefficient (Wildman–Crippen LogP) is 1.25. The number of carbonyl (C=O) groups excluding carboxylic acids is 3. The smallest absolute Gasteiger partial charge is 0.330 e. The van der Waals surface area contributed by atoms with Crippen molar-refractivity contribution < 1.29 is 19.1 Å². The highest BCUT2D eigenvalue weighted by Crippen LogP contribution is 2.39. The summed E-state index contributed by atoms with van der Waals surface area (Å²) in [5.41, 5.74) is 0. The molecule has 1 fully saturated rings. The van der Waals surface area contributed by atoms with Gasteiger partial charge in [0, 0.05) is 55.8 Å². The van der Waals surface area contributed by atoms with Crippen LogP contribution in [-0.2, 0) is 19.1 Å². The van der Waals surface area contributed by atoms with E-state index in [4.69, 9.17) is 0 Å². The van der Waals surface area contributed by atoms with E-state index in [0.29, 0.717) is 32.6 Å². The van der Waals surface area contributed by atoms with Gasteiger partial charge in [-0.3, -0.25) is 9.59 Å². The van der Waals surface area contributed by atoms with E-state index in [9.17, 15) is 14.4 Å². The first-order chi connectivity index (χ1) is 12.6. The van der Waals surface area contributed by atoms with Gasteiger partial charge in [0.25, 0.3) is 0 Å². The maximum Gasteiger partial charge on any atom is 0.330 e. The lowest BCUT2D eigenvalue weighted by Crippen LogP contribution is -2.36. The van der Waals surface area contributed by atoms with Crippen molar-refractivity contribution in [2.24, 2.45) is 0 Å². The van der Waals surface area contributed by atoms with E-state index in [0.717, 1.165) is 30.2 Å². The van der Waals surface area contributed by atoms with Crippen LogP contribution in [0.5, 0.6) is 0 Å². The van der Waals surface area contributed by atoms with Crippen LogP contribution in [0.15, 0.2) is 12.2 Å². The minimum Gasteiger partial charge on any atom is -0.466 e. The van der Waals surface area contributed by atoms with E-state index < -0.39 is 5.97 Å². The molecule has 9 heteroatoms. The Labute approximate surface area is 163 Å². The molecule has 7 nitrogen and oxygen atoms in total. The number of hydrogen-bond acceptors (Lipinski definition) is 7. The largest absolute Gasteiger partial charge is 0.466 e. The van der Waals surface area contributed by atoms with Crippen LogP contribution in [0.3, 0.4) is 0 Å². The van der Waals surface area contributed by atoms with Crippen molar-refractivity contribution in [2.45, 2.75) is 37.4 Å². The van der Waals surface area contributed by atoms with Crippen molar-refractivity contribution >= 4 is 39.4 Å². The molecule has 0 aromatic carbocycles. The fraction of sp³-hybridized carbons (Fsp3) is 0.706. The Morgan fingerprint density at radius 2 is 1.85 bits per heavy atom. The molecule has 0 aliphatic carbocycles. The number of methoxy groups -OCH3 is 1. The summed E-state index contributed by atoms with van der Waals surface area (Å²) in [5.74, 6) is 0.448. The Hall–Kier alpha value is -1.19. The zero-order chi connectivity index (χ0) is 19.0. The third-order valence-corrected chi connectivity index (χ3v) is 6.71. The SMILES string of the molecule is COC(=O)C=CC(=O)NCCNCCNC(=O)CCCCC1CCSS1. The van der Waals surface area contributed by atoms with Crippen molar-refractivity contribution in [3.8, 4) is 0 Å². The third-order valence-electron chi connectivity index (χ3n) is 3.70. The van der Waals surface area contributed by atoms with Gasteiger partial charge in [0.2, 0.25) is 11.8 Å². The predicted molar refractivity (Wildman–Crippen MR) is 107 cm³/mol. The van der Waals surface area contributed by atoms with Crippen LogP contribution in [0.25, 0.3) is 0 Å². The number of carbonyl (C=O) groups is 3. The number of hydrogen-bond donors (Lipinski definition) is 3. The molecule has 0 bridgehead atoms. The van der Waals surface area contributed by atoms with Gasteiger partial charge >= 0.3 is 5.97 Å². The van der Waals surface area contributed by atoms with Crippen molar-refractivity contribution in [1.82, 2.24) is 16.0 Å². The quantitative estimate of drug-likeness (QED) is 0.184. The first-order valence-corrected chi connectivity index (χ1v) is 11.3. The molecule has 0 aromatic heterocycles. The summed E-state index contributed by atoms with van der Waals surface area (Å²) in [7, 11) is 5.20. The Balaban J connectivity index is 1.87. The molecule has 0 spiro atoms. The zero-order valence-electron chi connectivity index (χ0n) is 15.3. The summed E-state index contributed by atoms with van der Waals surface area (Å²) in [5, 5.41) is 9.43. The van der Waals surface area contributed by atoms with Crippen LogP contribution >= 0.6 is 21.6 Å². The molecular formula is C17H29N3O4S2. The van der Waals surface area contributed by atoms with E-state index in [1.165, 1.54) is 25.7 Å². The minimum atomic E-state index is -0.564. The second-order valence-corrected chi connectivity index (χ2v) is 8.61. The van der Waals surface area contributed by atoms with Gasteiger partial charge in [-0.1, -0.05) is 28.0 Å². The van der Waals surface area contributed by atoms with E-state index in [1.54, 1.807) is 0 Å². The molecule has 1 aliphatic rings. The number of rotatable bonds is 13. The van der Waals surface area contributed by atoms with Crippen LogP contribution < -0.4 is 16.0 Å². The summed E-state index contributed by atoms with van der Waals surface area (Å²) in [4.78, 5) is 33.9. The van der Waals surface area contributed by atoms with Gasteiger partial charge in [-0.25, -0.2) is 4.79 Å². The zero-order valence-corrected chi connectivity index (χ0v) is 16.9. The Morgan fingerprint density at radius 3 is 2.54 bits per heavy atom. The molecular weight excluding hydrogens is 374 g/mol. The maximum absolute atomic E-state index is 11.7. The molecule has 1 rings (SSSR count). The average molecular weight is 404 g/mol. The summed E-state index contributed by atoms with van der Waals surface area (Å²) in [6.07, 6.45) is 7.38. The average Bonchev–Trinajstić information content (AvgIpc) is 3.15. The van der Waals surface area contributed by atoms with E-state index in [2.05, 4.69) is 20.7 Å². The highest BCUT2D eigenvalue weighted by atomic mass is 33.1. The molecule has 26 heavy (non-hydrogen) atoms. The van der Waals surface area contributed by atoms with Crippen molar-refractivity contribution in [1.29, 1.82) is 0 Å². The van der Waals surface area contributed by atoms with Gasteiger partial charge in [-0.2, -0.15) is 0 Å². The fourth-order valence-corrected chi connectivity index (χ4v) is 5.30. The van der Waals surface area contributed by atoms with Crippen LogP contribution in [-0.4, -0.2) is 62.1 Å². The van der Waals surface area contributed by atoms with Gasteiger partial charge in [0.15, 0.2) is 0 Å². The summed E-state index contributed by atoms with van der Waals surface area (Å²) in [6, 6.07) is 0. The van der Waals surface area contributed by atoms with E-state index in [1.807, 2.05) is 21.6 Å². The molecule has 1 heterocycles. The van der Waals surface area contributed by atoms with Crippen molar-refractivity contribution in [3.63, 3.8) is 0 Å². The Kier molecular flexibility index (Phi) is 13.1. The standard InChI is InChI=1S/C17H29N3O4S2/c1-24-17(23)7-6-16(22)20-12-10-18-9-11-19-15(21)5-3-2-4-14-8-13-25-26-14/h6-7,14,18H,2-5,8-13H2,1H3,(H,19,21)(H,20,22).